The number of hydrogen-bond donors (Lipinski definition) is 1. The van der Waals surface area contributed by atoms with E-state index in [9.17, 15) is 9.18 Å². The second kappa shape index (κ2) is 7.04. The summed E-state index contributed by atoms with van der Waals surface area (Å²) >= 11 is 0. The van der Waals surface area contributed by atoms with E-state index < -0.39 is 0 Å². The smallest absolute Gasteiger partial charge is 0.220 e. The molecule has 4 rings (SSSR count). The van der Waals surface area contributed by atoms with Crippen LogP contribution >= 0.6 is 0 Å². The Labute approximate surface area is 148 Å². The van der Waals surface area contributed by atoms with E-state index in [-0.39, 0.29) is 17.3 Å². The highest BCUT2D eigenvalue weighted by molar-refractivity contribution is 5.76. The van der Waals surface area contributed by atoms with E-state index in [0.29, 0.717) is 24.8 Å². The third kappa shape index (κ3) is 3.87. The lowest BCUT2D eigenvalue weighted by atomic mass is 9.78. The molecule has 1 unspecified atom stereocenters. The lowest BCUT2D eigenvalue weighted by Crippen LogP contribution is -2.64. The minimum absolute atomic E-state index is 0.0769. The highest BCUT2D eigenvalue weighted by Crippen LogP contribution is 2.42. The van der Waals surface area contributed by atoms with Crippen molar-refractivity contribution in [3.8, 4) is 0 Å². The third-order valence-corrected chi connectivity index (χ3v) is 5.92. The van der Waals surface area contributed by atoms with Crippen LogP contribution in [0.3, 0.4) is 0 Å². The molecule has 0 aromatic heterocycles. The first kappa shape index (κ1) is 17.0. The molecule has 1 aliphatic carbocycles. The fourth-order valence-corrected chi connectivity index (χ4v) is 4.27. The van der Waals surface area contributed by atoms with Crippen molar-refractivity contribution in [1.82, 2.24) is 10.2 Å². The Morgan fingerprint density at radius 3 is 2.84 bits per heavy atom. The van der Waals surface area contributed by atoms with Crippen LogP contribution in [0, 0.1) is 17.7 Å². The summed E-state index contributed by atoms with van der Waals surface area (Å²) in [6.07, 6.45) is 5.16. The number of nitrogens with zero attached hydrogens (tertiary/aromatic N) is 1. The van der Waals surface area contributed by atoms with Crippen LogP contribution < -0.4 is 5.32 Å². The van der Waals surface area contributed by atoms with Crippen LogP contribution in [0.1, 0.15) is 37.7 Å². The number of ether oxygens (including phenoxy) is 1. The molecule has 3 fully saturated rings. The van der Waals surface area contributed by atoms with E-state index in [2.05, 4.69) is 10.2 Å². The van der Waals surface area contributed by atoms with Gasteiger partial charge < -0.3 is 10.1 Å². The summed E-state index contributed by atoms with van der Waals surface area (Å²) in [5.41, 5.74) is 0.672. The molecule has 0 radical (unpaired) electrons. The number of carbonyl (C=O) groups excluding carboxylic acids is 1. The zero-order valence-electron chi connectivity index (χ0n) is 14.7. The number of hydrogen-bond acceptors (Lipinski definition) is 3. The first-order chi connectivity index (χ1) is 12.1. The zero-order chi connectivity index (χ0) is 17.3. The van der Waals surface area contributed by atoms with Gasteiger partial charge in [0.2, 0.25) is 5.91 Å². The molecule has 2 aliphatic heterocycles. The van der Waals surface area contributed by atoms with Gasteiger partial charge in [0.25, 0.3) is 0 Å². The molecule has 4 nitrogen and oxygen atoms in total. The largest absolute Gasteiger partial charge is 0.372 e. The molecule has 1 N–H and O–H groups in total. The second-order valence-corrected chi connectivity index (χ2v) is 7.92. The van der Waals surface area contributed by atoms with Crippen LogP contribution in [-0.4, -0.2) is 42.6 Å². The van der Waals surface area contributed by atoms with Gasteiger partial charge in [-0.05, 0) is 43.6 Å². The average Bonchev–Trinajstić information content (AvgIpc) is 3.27. The normalized spacial score (nSPS) is 25.1. The minimum Gasteiger partial charge on any atom is -0.372 e. The molecule has 1 atom stereocenters. The van der Waals surface area contributed by atoms with Crippen molar-refractivity contribution in [3.05, 3.63) is 35.6 Å². The van der Waals surface area contributed by atoms with Gasteiger partial charge in [0.1, 0.15) is 5.82 Å². The zero-order valence-corrected chi connectivity index (χ0v) is 14.7. The fraction of sp³-hybridized carbons (Fsp3) is 0.650. The second-order valence-electron chi connectivity index (χ2n) is 7.92. The summed E-state index contributed by atoms with van der Waals surface area (Å²) in [5, 5.41) is 3.07. The average molecular weight is 346 g/mol. The Kier molecular flexibility index (Phi) is 4.78. The van der Waals surface area contributed by atoms with E-state index in [1.54, 1.807) is 6.07 Å². The number of carbonyl (C=O) groups is 1. The monoisotopic (exact) mass is 346 g/mol. The number of nitrogens with one attached hydrogen (secondary N) is 1. The van der Waals surface area contributed by atoms with Gasteiger partial charge in [-0.15, -0.1) is 0 Å². The first-order valence-electron chi connectivity index (χ1n) is 9.51. The maximum atomic E-state index is 13.8. The predicted molar refractivity (Wildman–Crippen MR) is 93.4 cm³/mol. The SMILES string of the molecule is O=C(CC1CC1)NCCC1CCOC12CN(Cc1ccccc1F)C2. The van der Waals surface area contributed by atoms with Crippen LogP contribution in [0.15, 0.2) is 24.3 Å². The fourth-order valence-electron chi connectivity index (χ4n) is 4.27. The molecule has 1 aromatic rings. The van der Waals surface area contributed by atoms with Crippen molar-refractivity contribution in [3.63, 3.8) is 0 Å². The van der Waals surface area contributed by atoms with Crippen LogP contribution in [0.25, 0.3) is 0 Å². The highest BCUT2D eigenvalue weighted by atomic mass is 19.1. The quantitative estimate of drug-likeness (QED) is 0.825. The molecule has 136 valence electrons. The van der Waals surface area contributed by atoms with E-state index in [0.717, 1.165) is 44.6 Å². The molecule has 2 saturated heterocycles. The van der Waals surface area contributed by atoms with Gasteiger partial charge in [0.15, 0.2) is 0 Å². The van der Waals surface area contributed by atoms with Crippen LogP contribution in [0.4, 0.5) is 4.39 Å². The van der Waals surface area contributed by atoms with Gasteiger partial charge in [-0.2, -0.15) is 0 Å². The van der Waals surface area contributed by atoms with Crippen molar-refractivity contribution in [2.75, 3.05) is 26.2 Å². The van der Waals surface area contributed by atoms with Gasteiger partial charge in [-0.25, -0.2) is 4.39 Å². The molecule has 1 spiro atoms. The minimum atomic E-state index is -0.134. The summed E-state index contributed by atoms with van der Waals surface area (Å²) in [6, 6.07) is 6.98. The predicted octanol–water partition coefficient (Wildman–Crippen LogP) is 2.72. The van der Waals surface area contributed by atoms with Crippen molar-refractivity contribution in [1.29, 1.82) is 0 Å². The van der Waals surface area contributed by atoms with Crippen LogP contribution in [0.2, 0.25) is 0 Å². The summed E-state index contributed by atoms with van der Waals surface area (Å²) in [6.45, 7) is 3.91. The molecule has 2 heterocycles. The number of likely N-dealkylation sites (tertiary alicyclic amines) is 1. The van der Waals surface area contributed by atoms with Gasteiger partial charge >= 0.3 is 0 Å². The summed E-state index contributed by atoms with van der Waals surface area (Å²) in [7, 11) is 0. The third-order valence-electron chi connectivity index (χ3n) is 5.92. The molecule has 1 saturated carbocycles. The van der Waals surface area contributed by atoms with Gasteiger partial charge in [-0.3, -0.25) is 9.69 Å². The lowest BCUT2D eigenvalue weighted by Gasteiger charge is -2.50. The van der Waals surface area contributed by atoms with E-state index in [1.165, 1.54) is 18.9 Å². The molecule has 0 bridgehead atoms. The molecular weight excluding hydrogens is 319 g/mol. The number of halogens is 1. The Morgan fingerprint density at radius 2 is 2.08 bits per heavy atom. The Bertz CT molecular complexity index is 626. The van der Waals surface area contributed by atoms with E-state index in [4.69, 9.17) is 4.74 Å². The van der Waals surface area contributed by atoms with Gasteiger partial charge in [0, 0.05) is 44.8 Å². The molecule has 1 aromatic carbocycles. The van der Waals surface area contributed by atoms with Crippen molar-refractivity contribution in [2.45, 2.75) is 44.2 Å². The highest BCUT2D eigenvalue weighted by Gasteiger charge is 2.52. The molecule has 1 amide bonds. The Morgan fingerprint density at radius 1 is 1.28 bits per heavy atom. The van der Waals surface area contributed by atoms with Crippen molar-refractivity contribution >= 4 is 5.91 Å². The maximum Gasteiger partial charge on any atom is 0.220 e. The van der Waals surface area contributed by atoms with E-state index >= 15 is 0 Å². The molecular formula is C20H27FN2O2. The Balaban J connectivity index is 1.23. The summed E-state index contributed by atoms with van der Waals surface area (Å²) in [5.74, 6) is 1.20. The topological polar surface area (TPSA) is 41.6 Å². The standard InChI is InChI=1S/C20H27FN2O2/c21-18-4-2-1-3-16(18)12-23-13-20(14-23)17(8-10-25-20)7-9-22-19(24)11-15-5-6-15/h1-4,15,17H,5-14H2,(H,22,24). The first-order valence-corrected chi connectivity index (χ1v) is 9.51. The van der Waals surface area contributed by atoms with Crippen LogP contribution in [-0.2, 0) is 16.1 Å². The van der Waals surface area contributed by atoms with Gasteiger partial charge in [-0.1, -0.05) is 18.2 Å². The molecule has 25 heavy (non-hydrogen) atoms. The molecule has 3 aliphatic rings. The van der Waals surface area contributed by atoms with Crippen molar-refractivity contribution < 1.29 is 13.9 Å². The van der Waals surface area contributed by atoms with Crippen LogP contribution in [0.5, 0.6) is 0 Å². The molecule has 5 heteroatoms. The number of rotatable bonds is 7. The Hall–Kier alpha value is -1.46. The number of amides is 1. The number of benzene rings is 1. The maximum absolute atomic E-state index is 13.8. The lowest BCUT2D eigenvalue weighted by molar-refractivity contribution is -0.137. The van der Waals surface area contributed by atoms with E-state index in [1.807, 2.05) is 12.1 Å². The van der Waals surface area contributed by atoms with Crippen molar-refractivity contribution in [2.24, 2.45) is 11.8 Å². The summed E-state index contributed by atoms with van der Waals surface area (Å²) in [4.78, 5) is 14.1. The van der Waals surface area contributed by atoms with Gasteiger partial charge in [0.05, 0.1) is 5.60 Å². The summed E-state index contributed by atoms with van der Waals surface area (Å²) < 4.78 is 19.9.